The number of ether oxygens (including phenoxy) is 1. The Labute approximate surface area is 127 Å². The zero-order valence-electron chi connectivity index (χ0n) is 12.3. The summed E-state index contributed by atoms with van der Waals surface area (Å²) >= 11 is 0. The number of hydrogen-bond donors (Lipinski definition) is 1. The Morgan fingerprint density at radius 2 is 2.30 bits per heavy atom. The predicted molar refractivity (Wildman–Crippen MR) is 84.5 cm³/mol. The van der Waals surface area contributed by atoms with Crippen molar-refractivity contribution >= 4 is 18.2 Å². The summed E-state index contributed by atoms with van der Waals surface area (Å²) < 4.78 is 5.57. The smallest absolute Gasteiger partial charge is 0.128 e. The van der Waals surface area contributed by atoms with Gasteiger partial charge in [-0.3, -0.25) is 4.90 Å². The second-order valence-electron chi connectivity index (χ2n) is 5.00. The average molecular weight is 301 g/mol. The van der Waals surface area contributed by atoms with Crippen LogP contribution in [0.15, 0.2) is 18.3 Å². The monoisotopic (exact) mass is 300 g/mol. The van der Waals surface area contributed by atoms with Crippen LogP contribution in [0.5, 0.6) is 0 Å². The fourth-order valence-electron chi connectivity index (χ4n) is 2.22. The van der Waals surface area contributed by atoms with Crippen molar-refractivity contribution in [2.24, 2.45) is 5.73 Å². The van der Waals surface area contributed by atoms with Gasteiger partial charge < -0.3 is 15.4 Å². The van der Waals surface area contributed by atoms with Crippen LogP contribution in [0.2, 0.25) is 0 Å². The number of morpholine rings is 1. The van der Waals surface area contributed by atoms with E-state index in [4.69, 9.17) is 10.5 Å². The first kappa shape index (κ1) is 17.2. The third-order valence-corrected chi connectivity index (χ3v) is 3.57. The van der Waals surface area contributed by atoms with Crippen molar-refractivity contribution in [3.05, 3.63) is 23.9 Å². The molecule has 5 nitrogen and oxygen atoms in total. The highest BCUT2D eigenvalue weighted by atomic mass is 35.5. The maximum absolute atomic E-state index is 5.66. The Bertz CT molecular complexity index is 387. The van der Waals surface area contributed by atoms with Crippen molar-refractivity contribution in [3.63, 3.8) is 0 Å². The maximum Gasteiger partial charge on any atom is 0.128 e. The third-order valence-electron chi connectivity index (χ3n) is 3.57. The van der Waals surface area contributed by atoms with E-state index in [0.29, 0.717) is 6.54 Å². The highest BCUT2D eigenvalue weighted by Crippen LogP contribution is 2.13. The first-order valence-corrected chi connectivity index (χ1v) is 6.93. The van der Waals surface area contributed by atoms with Gasteiger partial charge in [-0.1, -0.05) is 6.07 Å². The summed E-state index contributed by atoms with van der Waals surface area (Å²) in [4.78, 5) is 9.00. The molecule has 0 amide bonds. The lowest BCUT2D eigenvalue weighted by Crippen LogP contribution is -2.45. The summed E-state index contributed by atoms with van der Waals surface area (Å²) in [7, 11) is 2.05. The average Bonchev–Trinajstić information content (AvgIpc) is 2.47. The maximum atomic E-state index is 5.66. The van der Waals surface area contributed by atoms with Gasteiger partial charge in [0.1, 0.15) is 5.82 Å². The summed E-state index contributed by atoms with van der Waals surface area (Å²) in [5.74, 6) is 1.02. The first-order valence-electron chi connectivity index (χ1n) is 6.93. The van der Waals surface area contributed by atoms with Crippen LogP contribution in [0.4, 0.5) is 5.82 Å². The Hall–Kier alpha value is -0.880. The molecule has 1 saturated heterocycles. The lowest BCUT2D eigenvalue weighted by atomic mass is 10.2. The molecular weight excluding hydrogens is 276 g/mol. The molecule has 0 aliphatic carbocycles. The van der Waals surface area contributed by atoms with Crippen LogP contribution in [0, 0.1) is 0 Å². The molecule has 1 unspecified atom stereocenters. The number of rotatable bonds is 5. The van der Waals surface area contributed by atoms with Gasteiger partial charge in [0, 0.05) is 46.0 Å². The number of halogens is 1. The van der Waals surface area contributed by atoms with E-state index in [1.54, 1.807) is 0 Å². The Morgan fingerprint density at radius 3 is 2.90 bits per heavy atom. The SMILES string of the molecule is CCN(C)c1ccc(CN2CCOC(CN)C2)cn1.Cl. The van der Waals surface area contributed by atoms with Crippen LogP contribution in [0.1, 0.15) is 12.5 Å². The van der Waals surface area contributed by atoms with E-state index in [2.05, 4.69) is 40.9 Å². The second-order valence-corrected chi connectivity index (χ2v) is 5.00. The van der Waals surface area contributed by atoms with Crippen LogP contribution < -0.4 is 10.6 Å². The molecule has 0 spiro atoms. The number of nitrogens with two attached hydrogens (primary N) is 1. The van der Waals surface area contributed by atoms with Crippen LogP contribution in [0.3, 0.4) is 0 Å². The standard InChI is InChI=1S/C14H24N4O.ClH/c1-3-17(2)14-5-4-12(9-16-14)10-18-6-7-19-13(8-15)11-18;/h4-5,9,13H,3,6-8,10-11,15H2,1-2H3;1H. The van der Waals surface area contributed by atoms with Gasteiger partial charge in [-0.05, 0) is 18.6 Å². The minimum Gasteiger partial charge on any atom is -0.374 e. The molecular formula is C14H25ClN4O. The lowest BCUT2D eigenvalue weighted by Gasteiger charge is -2.32. The second kappa shape index (κ2) is 8.42. The van der Waals surface area contributed by atoms with Gasteiger partial charge in [-0.25, -0.2) is 4.98 Å². The normalized spacial score (nSPS) is 19.4. The van der Waals surface area contributed by atoms with Crippen LogP contribution in [-0.4, -0.2) is 55.8 Å². The molecule has 0 bridgehead atoms. The van der Waals surface area contributed by atoms with E-state index >= 15 is 0 Å². The van der Waals surface area contributed by atoms with E-state index in [9.17, 15) is 0 Å². The third kappa shape index (κ3) is 4.59. The molecule has 1 aromatic rings. The van der Waals surface area contributed by atoms with Gasteiger partial charge >= 0.3 is 0 Å². The highest BCUT2D eigenvalue weighted by molar-refractivity contribution is 5.85. The highest BCUT2D eigenvalue weighted by Gasteiger charge is 2.19. The fourth-order valence-corrected chi connectivity index (χ4v) is 2.22. The minimum absolute atomic E-state index is 0. The molecule has 1 atom stereocenters. The zero-order chi connectivity index (χ0) is 13.7. The molecule has 114 valence electrons. The quantitative estimate of drug-likeness (QED) is 0.883. The fraction of sp³-hybridized carbons (Fsp3) is 0.643. The van der Waals surface area contributed by atoms with E-state index in [0.717, 1.165) is 38.6 Å². The molecule has 0 saturated carbocycles. The molecule has 0 radical (unpaired) electrons. The summed E-state index contributed by atoms with van der Waals surface area (Å²) in [6.45, 7) is 7.24. The van der Waals surface area contributed by atoms with Gasteiger partial charge in [-0.2, -0.15) is 0 Å². The van der Waals surface area contributed by atoms with Crippen molar-refractivity contribution < 1.29 is 4.74 Å². The zero-order valence-corrected chi connectivity index (χ0v) is 13.1. The first-order chi connectivity index (χ1) is 9.22. The molecule has 20 heavy (non-hydrogen) atoms. The molecule has 1 fully saturated rings. The summed E-state index contributed by atoms with van der Waals surface area (Å²) in [6, 6.07) is 4.24. The number of nitrogens with zero attached hydrogens (tertiary/aromatic N) is 3. The van der Waals surface area contributed by atoms with E-state index < -0.39 is 0 Å². The van der Waals surface area contributed by atoms with Gasteiger partial charge in [0.05, 0.1) is 12.7 Å². The summed E-state index contributed by atoms with van der Waals surface area (Å²) in [5.41, 5.74) is 6.90. The van der Waals surface area contributed by atoms with Crippen molar-refractivity contribution in [2.45, 2.75) is 19.6 Å². The topological polar surface area (TPSA) is 54.6 Å². The molecule has 6 heteroatoms. The Morgan fingerprint density at radius 1 is 1.50 bits per heavy atom. The minimum atomic E-state index is 0. The molecule has 2 heterocycles. The predicted octanol–water partition coefficient (Wildman–Crippen LogP) is 1.12. The number of hydrogen-bond acceptors (Lipinski definition) is 5. The largest absolute Gasteiger partial charge is 0.374 e. The van der Waals surface area contributed by atoms with Gasteiger partial charge in [0.15, 0.2) is 0 Å². The summed E-state index contributed by atoms with van der Waals surface area (Å²) in [5, 5.41) is 0. The lowest BCUT2D eigenvalue weighted by molar-refractivity contribution is -0.0260. The molecule has 2 rings (SSSR count). The van der Waals surface area contributed by atoms with E-state index in [-0.39, 0.29) is 18.5 Å². The number of anilines is 1. The van der Waals surface area contributed by atoms with Crippen molar-refractivity contribution in [1.82, 2.24) is 9.88 Å². The molecule has 1 aliphatic rings. The molecule has 1 aromatic heterocycles. The number of pyridine rings is 1. The summed E-state index contributed by atoms with van der Waals surface area (Å²) in [6.07, 6.45) is 2.14. The van der Waals surface area contributed by atoms with Crippen molar-refractivity contribution in [2.75, 3.05) is 44.7 Å². The molecule has 1 aliphatic heterocycles. The van der Waals surface area contributed by atoms with E-state index in [1.165, 1.54) is 5.56 Å². The van der Waals surface area contributed by atoms with Crippen LogP contribution >= 0.6 is 12.4 Å². The van der Waals surface area contributed by atoms with Crippen molar-refractivity contribution in [1.29, 1.82) is 0 Å². The van der Waals surface area contributed by atoms with Crippen LogP contribution in [0.25, 0.3) is 0 Å². The van der Waals surface area contributed by atoms with Gasteiger partial charge in [0.25, 0.3) is 0 Å². The Kier molecular flexibility index (Phi) is 7.23. The van der Waals surface area contributed by atoms with Crippen LogP contribution in [-0.2, 0) is 11.3 Å². The van der Waals surface area contributed by atoms with Gasteiger partial charge in [-0.15, -0.1) is 12.4 Å². The van der Waals surface area contributed by atoms with Crippen molar-refractivity contribution in [3.8, 4) is 0 Å². The van der Waals surface area contributed by atoms with Gasteiger partial charge in [0.2, 0.25) is 0 Å². The molecule has 2 N–H and O–H groups in total. The Balaban J connectivity index is 0.00000200. The molecule has 0 aromatic carbocycles. The number of aromatic nitrogens is 1. The van der Waals surface area contributed by atoms with E-state index in [1.807, 2.05) is 6.20 Å².